The van der Waals surface area contributed by atoms with Crippen LogP contribution in [0.25, 0.3) is 0 Å². The number of hydrogen-bond acceptors (Lipinski definition) is 4. The van der Waals surface area contributed by atoms with Gasteiger partial charge in [0.1, 0.15) is 18.1 Å². The Bertz CT molecular complexity index is 942. The maximum atomic E-state index is 12.6. The van der Waals surface area contributed by atoms with Gasteiger partial charge in [-0.15, -0.1) is 0 Å². The summed E-state index contributed by atoms with van der Waals surface area (Å²) in [5.74, 6) is 1.10. The van der Waals surface area contributed by atoms with E-state index in [4.69, 9.17) is 4.42 Å². The van der Waals surface area contributed by atoms with Crippen molar-refractivity contribution in [2.24, 2.45) is 0 Å². The smallest absolute Gasteiger partial charge is 0.346 e. The molecule has 0 spiro atoms. The molecule has 0 unspecified atom stereocenters. The van der Waals surface area contributed by atoms with Crippen molar-refractivity contribution in [3.63, 3.8) is 0 Å². The molecule has 142 valence electrons. The average molecular weight is 368 g/mol. The van der Waals surface area contributed by atoms with Crippen molar-refractivity contribution in [1.82, 2.24) is 19.2 Å². The van der Waals surface area contributed by atoms with Crippen molar-refractivity contribution in [3.05, 3.63) is 76.4 Å². The van der Waals surface area contributed by atoms with Gasteiger partial charge in [-0.2, -0.15) is 5.10 Å². The molecule has 0 saturated carbocycles. The molecule has 7 nitrogen and oxygen atoms in total. The molecule has 1 aromatic carbocycles. The summed E-state index contributed by atoms with van der Waals surface area (Å²) in [5, 5.41) is 4.26. The monoisotopic (exact) mass is 368 g/mol. The Hall–Kier alpha value is -3.09. The van der Waals surface area contributed by atoms with Gasteiger partial charge in [-0.3, -0.25) is 9.36 Å². The number of hydrogen-bond donors (Lipinski definition) is 0. The van der Waals surface area contributed by atoms with Crippen LogP contribution in [-0.4, -0.2) is 32.2 Å². The molecular weight excluding hydrogens is 344 g/mol. The molecule has 0 fully saturated rings. The summed E-state index contributed by atoms with van der Waals surface area (Å²) in [6.07, 6.45) is 2.31. The van der Waals surface area contributed by atoms with E-state index >= 15 is 0 Å². The summed E-state index contributed by atoms with van der Waals surface area (Å²) < 4.78 is 8.19. The van der Waals surface area contributed by atoms with Crippen molar-refractivity contribution < 1.29 is 9.21 Å². The molecule has 0 bridgehead atoms. The van der Waals surface area contributed by atoms with E-state index in [-0.39, 0.29) is 24.2 Å². The van der Waals surface area contributed by atoms with E-state index in [1.807, 2.05) is 43.3 Å². The lowest BCUT2D eigenvalue weighted by atomic mass is 10.1. The van der Waals surface area contributed by atoms with Gasteiger partial charge in [0, 0.05) is 13.6 Å². The average Bonchev–Trinajstić information content (AvgIpc) is 3.29. The third kappa shape index (κ3) is 4.19. The van der Waals surface area contributed by atoms with Gasteiger partial charge >= 0.3 is 5.69 Å². The zero-order valence-electron chi connectivity index (χ0n) is 15.8. The normalized spacial score (nSPS) is 12.1. The van der Waals surface area contributed by atoms with Crippen LogP contribution < -0.4 is 5.69 Å². The van der Waals surface area contributed by atoms with Gasteiger partial charge in [0.15, 0.2) is 0 Å². The predicted octanol–water partition coefficient (Wildman–Crippen LogP) is 2.41. The Morgan fingerprint density at radius 2 is 1.96 bits per heavy atom. The molecule has 1 amide bonds. The maximum Gasteiger partial charge on any atom is 0.346 e. The largest absolute Gasteiger partial charge is 0.467 e. The Labute approximate surface area is 157 Å². The molecule has 2 heterocycles. The molecule has 0 aliphatic rings. The van der Waals surface area contributed by atoms with Crippen LogP contribution in [-0.2, 0) is 24.3 Å². The van der Waals surface area contributed by atoms with E-state index in [1.54, 1.807) is 35.8 Å². The summed E-state index contributed by atoms with van der Waals surface area (Å²) in [6, 6.07) is 13.4. The lowest BCUT2D eigenvalue weighted by Crippen LogP contribution is -2.36. The van der Waals surface area contributed by atoms with Gasteiger partial charge in [-0.1, -0.05) is 30.3 Å². The van der Waals surface area contributed by atoms with E-state index < -0.39 is 0 Å². The quantitative estimate of drug-likeness (QED) is 0.642. The summed E-state index contributed by atoms with van der Waals surface area (Å²) in [6.45, 7) is 4.09. The zero-order valence-corrected chi connectivity index (χ0v) is 15.8. The number of nitrogens with zero attached hydrogens (tertiary/aromatic N) is 4. The summed E-state index contributed by atoms with van der Waals surface area (Å²) in [7, 11) is 1.69. The number of likely N-dealkylation sites (N-methyl/N-ethyl adjacent to an activating group) is 1. The van der Waals surface area contributed by atoms with E-state index in [1.165, 1.54) is 4.68 Å². The molecule has 0 radical (unpaired) electrons. The molecule has 27 heavy (non-hydrogen) atoms. The van der Waals surface area contributed by atoms with E-state index in [2.05, 4.69) is 5.10 Å². The van der Waals surface area contributed by atoms with Gasteiger partial charge in [-0.25, -0.2) is 9.48 Å². The van der Waals surface area contributed by atoms with Gasteiger partial charge in [0.05, 0.1) is 12.3 Å². The second kappa shape index (κ2) is 8.07. The van der Waals surface area contributed by atoms with Crippen LogP contribution in [0.2, 0.25) is 0 Å². The Kier molecular flexibility index (Phi) is 5.59. The first-order valence-corrected chi connectivity index (χ1v) is 8.94. The molecule has 3 rings (SSSR count). The second-order valence-corrected chi connectivity index (χ2v) is 6.57. The molecule has 3 aromatic rings. The minimum absolute atomic E-state index is 0.0977. The summed E-state index contributed by atoms with van der Waals surface area (Å²) >= 11 is 0. The first-order valence-electron chi connectivity index (χ1n) is 8.94. The van der Waals surface area contributed by atoms with Gasteiger partial charge < -0.3 is 9.32 Å². The minimum Gasteiger partial charge on any atom is -0.467 e. The molecule has 0 N–H and O–H groups in total. The third-order valence-corrected chi connectivity index (χ3v) is 4.79. The van der Waals surface area contributed by atoms with Crippen LogP contribution in [0, 0.1) is 6.92 Å². The number of carbonyl (C=O) groups is 1. The predicted molar refractivity (Wildman–Crippen MR) is 101 cm³/mol. The number of aryl methyl sites for hydroxylation is 2. The van der Waals surface area contributed by atoms with Crippen molar-refractivity contribution in [3.8, 4) is 0 Å². The second-order valence-electron chi connectivity index (χ2n) is 6.57. The van der Waals surface area contributed by atoms with Crippen LogP contribution in [0.15, 0.2) is 57.9 Å². The molecule has 0 aliphatic carbocycles. The minimum atomic E-state index is -0.268. The highest BCUT2D eigenvalue weighted by atomic mass is 16.3. The fourth-order valence-electron chi connectivity index (χ4n) is 2.97. The van der Waals surface area contributed by atoms with Crippen LogP contribution in [0.1, 0.15) is 30.1 Å². The fraction of sp³-hybridized carbons (Fsp3) is 0.350. The topological polar surface area (TPSA) is 73.3 Å². The number of benzene rings is 1. The third-order valence-electron chi connectivity index (χ3n) is 4.79. The Morgan fingerprint density at radius 1 is 1.22 bits per heavy atom. The fourth-order valence-corrected chi connectivity index (χ4v) is 2.97. The first-order chi connectivity index (χ1) is 13.0. The maximum absolute atomic E-state index is 12.6. The zero-order chi connectivity index (χ0) is 19.4. The highest BCUT2D eigenvalue weighted by molar-refractivity contribution is 5.76. The molecule has 0 saturated heterocycles. The van der Waals surface area contributed by atoms with Crippen LogP contribution in [0.5, 0.6) is 0 Å². The van der Waals surface area contributed by atoms with Crippen molar-refractivity contribution in [2.75, 3.05) is 7.05 Å². The molecular formula is C20H24N4O3. The number of aromatic nitrogens is 3. The molecule has 1 atom stereocenters. The van der Waals surface area contributed by atoms with Gasteiger partial charge in [-0.05, 0) is 38.0 Å². The summed E-state index contributed by atoms with van der Waals surface area (Å²) in [5.41, 5.74) is 0.885. The molecule has 2 aromatic heterocycles. The standard InChI is InChI=1S/C20H24N4O3/c1-15(18-10-7-13-27-18)22(3)19(25)14-24-20(26)23(16(2)21-24)12-11-17-8-5-4-6-9-17/h4-10,13,15H,11-12,14H2,1-3H3/t15-/m0/s1. The molecule has 7 heteroatoms. The Balaban J connectivity index is 1.68. The number of carbonyl (C=O) groups excluding carboxylic acids is 1. The van der Waals surface area contributed by atoms with Crippen LogP contribution in [0.4, 0.5) is 0 Å². The van der Waals surface area contributed by atoms with Crippen molar-refractivity contribution >= 4 is 5.91 Å². The van der Waals surface area contributed by atoms with Crippen LogP contribution in [0.3, 0.4) is 0 Å². The lowest BCUT2D eigenvalue weighted by Gasteiger charge is -2.23. The van der Waals surface area contributed by atoms with Gasteiger partial charge in [0.2, 0.25) is 5.91 Å². The highest BCUT2D eigenvalue weighted by Crippen LogP contribution is 2.19. The van der Waals surface area contributed by atoms with E-state index in [0.29, 0.717) is 18.1 Å². The summed E-state index contributed by atoms with van der Waals surface area (Å²) in [4.78, 5) is 26.8. The van der Waals surface area contributed by atoms with Gasteiger partial charge in [0.25, 0.3) is 0 Å². The van der Waals surface area contributed by atoms with Crippen molar-refractivity contribution in [2.45, 2.75) is 39.4 Å². The number of furan rings is 1. The number of rotatable bonds is 7. The van der Waals surface area contributed by atoms with Crippen LogP contribution >= 0.6 is 0 Å². The van der Waals surface area contributed by atoms with E-state index in [0.717, 1.165) is 12.0 Å². The SMILES string of the molecule is Cc1nn(CC(=O)N(C)[C@@H](C)c2ccco2)c(=O)n1CCc1ccccc1. The van der Waals surface area contributed by atoms with Crippen molar-refractivity contribution in [1.29, 1.82) is 0 Å². The molecule has 0 aliphatic heterocycles. The Morgan fingerprint density at radius 3 is 2.63 bits per heavy atom. The highest BCUT2D eigenvalue weighted by Gasteiger charge is 2.21. The van der Waals surface area contributed by atoms with E-state index in [9.17, 15) is 9.59 Å². The lowest BCUT2D eigenvalue weighted by molar-refractivity contribution is -0.133. The number of amides is 1. The first kappa shape index (κ1) is 18.7.